The highest BCUT2D eigenvalue weighted by molar-refractivity contribution is 6.03. The van der Waals surface area contributed by atoms with E-state index >= 15 is 0 Å². The minimum absolute atomic E-state index is 0.245. The zero-order chi connectivity index (χ0) is 11.0. The number of carbonyl (C=O) groups is 2. The van der Waals surface area contributed by atoms with Gasteiger partial charge in [0.1, 0.15) is 0 Å². The van der Waals surface area contributed by atoms with Crippen LogP contribution in [0.4, 0.5) is 0 Å². The first-order valence-electron chi connectivity index (χ1n) is 6.04. The van der Waals surface area contributed by atoms with Crippen LogP contribution in [0, 0.1) is 16.2 Å². The van der Waals surface area contributed by atoms with Crippen molar-refractivity contribution in [2.75, 3.05) is 0 Å². The van der Waals surface area contributed by atoms with E-state index in [-0.39, 0.29) is 11.9 Å². The van der Waals surface area contributed by atoms with Crippen molar-refractivity contribution in [3.63, 3.8) is 0 Å². The van der Waals surface area contributed by atoms with Gasteiger partial charge >= 0.3 is 11.9 Å². The van der Waals surface area contributed by atoms with E-state index in [2.05, 4.69) is 12.2 Å². The summed E-state index contributed by atoms with van der Waals surface area (Å²) in [6.45, 7) is 0. The molecular weight excluding hydrogens is 204 g/mol. The van der Waals surface area contributed by atoms with Gasteiger partial charge in [-0.05, 0) is 43.9 Å². The summed E-state index contributed by atoms with van der Waals surface area (Å²) < 4.78 is 4.96. The van der Waals surface area contributed by atoms with Gasteiger partial charge in [0, 0.05) is 0 Å². The molecule has 2 saturated carbocycles. The molecule has 3 aliphatic carbocycles. The molecule has 0 aromatic carbocycles. The highest BCUT2D eigenvalue weighted by atomic mass is 16.6. The van der Waals surface area contributed by atoms with Gasteiger partial charge in [0.25, 0.3) is 0 Å². The van der Waals surface area contributed by atoms with E-state index in [1.165, 1.54) is 12.8 Å². The Morgan fingerprint density at radius 1 is 0.938 bits per heavy atom. The van der Waals surface area contributed by atoms with E-state index in [0.717, 1.165) is 12.8 Å². The van der Waals surface area contributed by atoms with Crippen LogP contribution in [0.2, 0.25) is 0 Å². The second-order valence-electron chi connectivity index (χ2n) is 6.07. The normalized spacial score (nSPS) is 46.8. The van der Waals surface area contributed by atoms with E-state index in [1.54, 1.807) is 0 Å². The van der Waals surface area contributed by atoms with E-state index < -0.39 is 10.8 Å². The summed E-state index contributed by atoms with van der Waals surface area (Å²) in [5.41, 5.74) is -0.675. The molecule has 16 heavy (non-hydrogen) atoms. The molecule has 0 aromatic heterocycles. The van der Waals surface area contributed by atoms with E-state index in [1.807, 2.05) is 0 Å². The maximum absolute atomic E-state index is 12.1. The van der Waals surface area contributed by atoms with Crippen molar-refractivity contribution < 1.29 is 14.3 Å². The smallest absolute Gasteiger partial charge is 0.321 e. The fraction of sp³-hybridized carbons (Fsp3) is 0.692. The van der Waals surface area contributed by atoms with Gasteiger partial charge < -0.3 is 4.74 Å². The van der Waals surface area contributed by atoms with Crippen LogP contribution in [0.15, 0.2) is 12.2 Å². The maximum Gasteiger partial charge on any atom is 0.321 e. The lowest BCUT2D eigenvalue weighted by Gasteiger charge is -2.35. The number of hydrogen-bond donors (Lipinski definition) is 0. The Morgan fingerprint density at radius 3 is 1.88 bits per heavy atom. The Kier molecular flexibility index (Phi) is 1.27. The predicted octanol–water partition coefficient (Wildman–Crippen LogP) is 1.97. The Morgan fingerprint density at radius 2 is 1.44 bits per heavy atom. The summed E-state index contributed by atoms with van der Waals surface area (Å²) in [7, 11) is 0. The molecule has 1 aliphatic heterocycles. The minimum Gasteiger partial charge on any atom is -0.392 e. The molecule has 0 amide bonds. The second-order valence-corrected chi connectivity index (χ2v) is 6.07. The molecule has 3 fully saturated rings. The minimum atomic E-state index is -0.491. The lowest BCUT2D eigenvalue weighted by molar-refractivity contribution is -0.157. The number of carbonyl (C=O) groups excluding carboxylic acids is 2. The molecule has 0 N–H and O–H groups in total. The molecule has 1 heterocycles. The largest absolute Gasteiger partial charge is 0.392 e. The van der Waals surface area contributed by atoms with Crippen LogP contribution in [-0.4, -0.2) is 11.9 Å². The van der Waals surface area contributed by atoms with Gasteiger partial charge in [-0.1, -0.05) is 12.2 Å². The molecule has 1 saturated heterocycles. The molecule has 0 bridgehead atoms. The topological polar surface area (TPSA) is 43.4 Å². The van der Waals surface area contributed by atoms with Crippen LogP contribution in [0.3, 0.4) is 0 Å². The van der Waals surface area contributed by atoms with Crippen molar-refractivity contribution >= 4 is 11.9 Å². The van der Waals surface area contributed by atoms with Crippen molar-refractivity contribution in [3.05, 3.63) is 12.2 Å². The third-order valence-corrected chi connectivity index (χ3v) is 5.29. The molecule has 4 rings (SSSR count). The molecule has 3 nitrogen and oxygen atoms in total. The monoisotopic (exact) mass is 218 g/mol. The Bertz CT molecular complexity index is 410. The van der Waals surface area contributed by atoms with Gasteiger partial charge in [-0.2, -0.15) is 0 Å². The standard InChI is InChI=1S/C13H14O3/c14-9-12-3-1-2-4-13(12,10(15)16-9)8-11(7-12)5-6-11/h1-2H,3-8H2/t12-,13-/m1/s1. The van der Waals surface area contributed by atoms with Gasteiger partial charge in [0.2, 0.25) is 0 Å². The Labute approximate surface area is 93.8 Å². The number of esters is 2. The van der Waals surface area contributed by atoms with E-state index in [9.17, 15) is 9.59 Å². The highest BCUT2D eigenvalue weighted by Gasteiger charge is 2.77. The third kappa shape index (κ3) is 0.731. The first-order chi connectivity index (χ1) is 7.63. The molecule has 84 valence electrons. The average Bonchev–Trinajstić information content (AvgIpc) is 2.86. The maximum atomic E-state index is 12.1. The van der Waals surface area contributed by atoms with Crippen LogP contribution < -0.4 is 0 Å². The average molecular weight is 218 g/mol. The summed E-state index contributed by atoms with van der Waals surface area (Å²) in [4.78, 5) is 24.1. The summed E-state index contributed by atoms with van der Waals surface area (Å²) in [6.07, 6.45) is 9.68. The van der Waals surface area contributed by atoms with Crippen molar-refractivity contribution in [2.45, 2.75) is 38.5 Å². The summed E-state index contributed by atoms with van der Waals surface area (Å²) in [5, 5.41) is 0. The fourth-order valence-corrected chi connectivity index (χ4v) is 4.30. The van der Waals surface area contributed by atoms with Gasteiger partial charge in [-0.25, -0.2) is 0 Å². The number of hydrogen-bond acceptors (Lipinski definition) is 3. The number of rotatable bonds is 0. The van der Waals surface area contributed by atoms with Crippen LogP contribution in [0.1, 0.15) is 38.5 Å². The van der Waals surface area contributed by atoms with Crippen molar-refractivity contribution in [1.29, 1.82) is 0 Å². The van der Waals surface area contributed by atoms with Crippen LogP contribution in [0.25, 0.3) is 0 Å². The Balaban J connectivity index is 1.93. The third-order valence-electron chi connectivity index (χ3n) is 5.29. The molecule has 3 heteroatoms. The molecule has 2 atom stereocenters. The van der Waals surface area contributed by atoms with Gasteiger partial charge in [-0.3, -0.25) is 9.59 Å². The second kappa shape index (κ2) is 2.27. The molecule has 4 aliphatic rings. The number of cyclic esters (lactones) is 2. The SMILES string of the molecule is O=C1OC(=O)[C@]23CC=CC[C@@]12CC1(CC1)C3. The first-order valence-corrected chi connectivity index (χ1v) is 6.04. The highest BCUT2D eigenvalue weighted by Crippen LogP contribution is 2.75. The van der Waals surface area contributed by atoms with Crippen molar-refractivity contribution in [1.82, 2.24) is 0 Å². The number of allylic oxidation sites excluding steroid dienone is 2. The van der Waals surface area contributed by atoms with Crippen LogP contribution >= 0.6 is 0 Å². The van der Waals surface area contributed by atoms with Crippen molar-refractivity contribution in [3.8, 4) is 0 Å². The molecule has 1 spiro atoms. The zero-order valence-corrected chi connectivity index (χ0v) is 9.12. The summed E-state index contributed by atoms with van der Waals surface area (Å²) in [5.74, 6) is -0.490. The Hall–Kier alpha value is -1.12. The summed E-state index contributed by atoms with van der Waals surface area (Å²) in [6, 6.07) is 0. The fourth-order valence-electron chi connectivity index (χ4n) is 4.30. The zero-order valence-electron chi connectivity index (χ0n) is 9.12. The molecule has 0 aromatic rings. The lowest BCUT2D eigenvalue weighted by Crippen LogP contribution is -2.41. The van der Waals surface area contributed by atoms with Crippen LogP contribution in [0.5, 0.6) is 0 Å². The molecule has 0 radical (unpaired) electrons. The number of ether oxygens (including phenoxy) is 1. The summed E-state index contributed by atoms with van der Waals surface area (Å²) >= 11 is 0. The quantitative estimate of drug-likeness (QED) is 0.354. The van der Waals surface area contributed by atoms with Gasteiger partial charge in [0.05, 0.1) is 10.8 Å². The van der Waals surface area contributed by atoms with Gasteiger partial charge in [0.15, 0.2) is 0 Å². The van der Waals surface area contributed by atoms with Crippen molar-refractivity contribution in [2.24, 2.45) is 16.2 Å². The van der Waals surface area contributed by atoms with E-state index in [0.29, 0.717) is 18.3 Å². The van der Waals surface area contributed by atoms with Gasteiger partial charge in [-0.15, -0.1) is 0 Å². The molecule has 0 unspecified atom stereocenters. The first kappa shape index (κ1) is 8.97. The van der Waals surface area contributed by atoms with E-state index in [4.69, 9.17) is 4.74 Å². The predicted molar refractivity (Wildman–Crippen MR) is 55.2 cm³/mol. The molecular formula is C13H14O3. The lowest BCUT2D eigenvalue weighted by atomic mass is 9.61. The van der Waals surface area contributed by atoms with Crippen LogP contribution in [-0.2, 0) is 14.3 Å².